The van der Waals surface area contributed by atoms with Crippen LogP contribution < -0.4 is 10.2 Å². The fourth-order valence-electron chi connectivity index (χ4n) is 2.38. The number of alkyl carbamates (subject to hydrolysis) is 1. The number of phenols is 1. The van der Waals surface area contributed by atoms with E-state index in [0.717, 1.165) is 18.8 Å². The predicted molar refractivity (Wildman–Crippen MR) is 81.1 cm³/mol. The number of phenolic OH excluding ortho intramolecular Hbond substituents is 1. The molecule has 0 radical (unpaired) electrons. The Morgan fingerprint density at radius 2 is 2.05 bits per heavy atom. The van der Waals surface area contributed by atoms with E-state index in [4.69, 9.17) is 0 Å². The number of aromatic hydroxyl groups is 1. The molecule has 1 amide bonds. The molecule has 22 heavy (non-hydrogen) atoms. The number of nitrogens with zero attached hydrogens (tertiary/aromatic N) is 1. The summed E-state index contributed by atoms with van der Waals surface area (Å²) in [6.45, 7) is 4.39. The summed E-state index contributed by atoms with van der Waals surface area (Å²) in [4.78, 5) is 13.1. The first-order valence-corrected chi connectivity index (χ1v) is 6.78. The van der Waals surface area contributed by atoms with Gasteiger partial charge in [-0.15, -0.1) is 12.4 Å². The second-order valence-corrected chi connectivity index (χ2v) is 4.83. The molecule has 1 fully saturated rings. The Morgan fingerprint density at radius 1 is 1.41 bits per heavy atom. The normalized spacial score (nSPS) is 19.6. The van der Waals surface area contributed by atoms with E-state index >= 15 is 0 Å². The highest BCUT2D eigenvalue weighted by atomic mass is 35.5. The molecule has 8 heteroatoms. The Balaban J connectivity index is 0.00000242. The van der Waals surface area contributed by atoms with Crippen LogP contribution in [0.4, 0.5) is 19.3 Å². The number of hydrogen-bond donors (Lipinski definition) is 2. The summed E-state index contributed by atoms with van der Waals surface area (Å²) >= 11 is 0. The smallest absolute Gasteiger partial charge is 0.408 e. The minimum atomic E-state index is -3.28. The van der Waals surface area contributed by atoms with E-state index in [1.807, 2.05) is 18.7 Å². The van der Waals surface area contributed by atoms with Crippen LogP contribution in [0.25, 0.3) is 0 Å². The van der Waals surface area contributed by atoms with Crippen LogP contribution in [0.2, 0.25) is 0 Å². The molecule has 1 aliphatic rings. The fraction of sp³-hybridized carbons (Fsp3) is 0.500. The highest BCUT2D eigenvalue weighted by Crippen LogP contribution is 2.39. The number of carbonyl (C=O) groups excluding carboxylic acids is 1. The molecule has 2 rings (SSSR count). The maximum absolute atomic E-state index is 13.8. The quantitative estimate of drug-likeness (QED) is 0.887. The van der Waals surface area contributed by atoms with Crippen molar-refractivity contribution < 1.29 is 23.4 Å². The summed E-state index contributed by atoms with van der Waals surface area (Å²) in [6.07, 6.45) is -0.918. The first-order chi connectivity index (χ1) is 9.89. The zero-order valence-electron chi connectivity index (χ0n) is 12.3. The van der Waals surface area contributed by atoms with E-state index in [-0.39, 0.29) is 23.7 Å². The molecule has 0 unspecified atom stereocenters. The van der Waals surface area contributed by atoms with Crippen LogP contribution in [0.5, 0.6) is 5.75 Å². The molecule has 1 saturated heterocycles. The van der Waals surface area contributed by atoms with Crippen molar-refractivity contribution in [3.05, 3.63) is 23.8 Å². The third kappa shape index (κ3) is 3.52. The van der Waals surface area contributed by atoms with E-state index in [2.05, 4.69) is 10.1 Å². The van der Waals surface area contributed by atoms with E-state index in [9.17, 15) is 18.7 Å². The van der Waals surface area contributed by atoms with Gasteiger partial charge in [0.05, 0.1) is 0 Å². The third-order valence-corrected chi connectivity index (χ3v) is 3.53. The lowest BCUT2D eigenvalue weighted by molar-refractivity contribution is -0.104. The van der Waals surface area contributed by atoms with Crippen LogP contribution in [0.15, 0.2) is 18.2 Å². The van der Waals surface area contributed by atoms with Gasteiger partial charge in [0.15, 0.2) is 6.61 Å². The average molecular weight is 337 g/mol. The molecule has 0 saturated carbocycles. The average Bonchev–Trinajstić information content (AvgIpc) is 2.44. The van der Waals surface area contributed by atoms with Gasteiger partial charge in [-0.1, -0.05) is 6.07 Å². The Kier molecular flexibility index (Phi) is 5.82. The number of anilines is 1. The lowest BCUT2D eigenvalue weighted by atomic mass is 9.98. The number of carbonyl (C=O) groups is 1. The maximum Gasteiger partial charge on any atom is 0.408 e. The first-order valence-electron chi connectivity index (χ1n) is 6.78. The van der Waals surface area contributed by atoms with Crippen molar-refractivity contribution in [1.82, 2.24) is 5.32 Å². The number of rotatable bonds is 4. The van der Waals surface area contributed by atoms with Crippen LogP contribution in [-0.2, 0) is 4.74 Å². The predicted octanol–water partition coefficient (Wildman–Crippen LogP) is 3.08. The standard InChI is InChI=1S/C14H18F2N2O3.ClH/c1-3-18(4-2)9-5-6-10(11(19)7-9)12-14(15,16)8-21-13(20)17-12;/h5-7,12,19H,3-4,8H2,1-2H3,(H,17,20);1H/t12-;/m1./s1. The van der Waals surface area contributed by atoms with Crippen LogP contribution in [-0.4, -0.2) is 36.8 Å². The third-order valence-electron chi connectivity index (χ3n) is 3.53. The molecule has 0 spiro atoms. The number of alkyl halides is 2. The van der Waals surface area contributed by atoms with Gasteiger partial charge in [0.25, 0.3) is 0 Å². The largest absolute Gasteiger partial charge is 0.508 e. The van der Waals surface area contributed by atoms with Gasteiger partial charge in [-0.2, -0.15) is 0 Å². The van der Waals surface area contributed by atoms with Gasteiger partial charge in [-0.25, -0.2) is 13.6 Å². The van der Waals surface area contributed by atoms with Crippen LogP contribution in [0, 0.1) is 0 Å². The van der Waals surface area contributed by atoms with Gasteiger partial charge < -0.3 is 20.1 Å². The van der Waals surface area contributed by atoms with Crippen molar-refractivity contribution >= 4 is 24.2 Å². The zero-order chi connectivity index (χ0) is 15.6. The molecule has 1 atom stereocenters. The number of benzene rings is 1. The topological polar surface area (TPSA) is 61.8 Å². The second-order valence-electron chi connectivity index (χ2n) is 4.83. The lowest BCUT2D eigenvalue weighted by Gasteiger charge is -2.32. The van der Waals surface area contributed by atoms with Crippen LogP contribution >= 0.6 is 12.4 Å². The zero-order valence-corrected chi connectivity index (χ0v) is 13.1. The van der Waals surface area contributed by atoms with Gasteiger partial charge in [0.2, 0.25) is 0 Å². The van der Waals surface area contributed by atoms with E-state index < -0.39 is 24.7 Å². The number of amides is 1. The Hall–Kier alpha value is -1.76. The van der Waals surface area contributed by atoms with E-state index in [1.165, 1.54) is 12.1 Å². The van der Waals surface area contributed by atoms with Crippen molar-refractivity contribution in [2.45, 2.75) is 25.8 Å². The summed E-state index contributed by atoms with van der Waals surface area (Å²) in [5.41, 5.74) is 0.718. The number of hydrogen-bond acceptors (Lipinski definition) is 4. The molecule has 1 aliphatic heterocycles. The molecule has 5 nitrogen and oxygen atoms in total. The van der Waals surface area contributed by atoms with E-state index in [0.29, 0.717) is 0 Å². The van der Waals surface area contributed by atoms with Crippen molar-refractivity contribution in [2.24, 2.45) is 0 Å². The molecular formula is C14H19ClF2N2O3. The molecular weight excluding hydrogens is 318 g/mol. The number of nitrogens with one attached hydrogen (secondary N) is 1. The summed E-state index contributed by atoms with van der Waals surface area (Å²) < 4.78 is 32.0. The first kappa shape index (κ1) is 18.3. The minimum absolute atomic E-state index is 0. The molecule has 2 N–H and O–H groups in total. The highest BCUT2D eigenvalue weighted by Gasteiger charge is 2.47. The fourth-order valence-corrected chi connectivity index (χ4v) is 2.38. The van der Waals surface area contributed by atoms with Gasteiger partial charge in [-0.05, 0) is 19.9 Å². The van der Waals surface area contributed by atoms with Gasteiger partial charge in [0, 0.05) is 30.4 Å². The van der Waals surface area contributed by atoms with Gasteiger partial charge in [0.1, 0.15) is 11.8 Å². The summed E-state index contributed by atoms with van der Waals surface area (Å²) in [5, 5.41) is 12.1. The minimum Gasteiger partial charge on any atom is -0.508 e. The van der Waals surface area contributed by atoms with Gasteiger partial charge >= 0.3 is 12.0 Å². The molecule has 1 aromatic carbocycles. The van der Waals surface area contributed by atoms with Crippen molar-refractivity contribution in [1.29, 1.82) is 0 Å². The van der Waals surface area contributed by atoms with E-state index in [1.54, 1.807) is 6.07 Å². The van der Waals surface area contributed by atoms with Crippen LogP contribution in [0.1, 0.15) is 25.5 Å². The molecule has 124 valence electrons. The monoisotopic (exact) mass is 336 g/mol. The highest BCUT2D eigenvalue weighted by molar-refractivity contribution is 5.85. The Bertz CT molecular complexity index is 539. The summed E-state index contributed by atoms with van der Waals surface area (Å²) in [5.74, 6) is -3.55. The SMILES string of the molecule is CCN(CC)c1ccc([C@H]2NC(=O)OCC2(F)F)c(O)c1.Cl. The number of cyclic esters (lactones) is 1. The summed E-state index contributed by atoms with van der Waals surface area (Å²) in [7, 11) is 0. The molecule has 0 bridgehead atoms. The Morgan fingerprint density at radius 3 is 2.59 bits per heavy atom. The number of halogens is 3. The molecule has 1 aromatic rings. The number of ether oxygens (including phenoxy) is 1. The maximum atomic E-state index is 13.8. The molecule has 0 aliphatic carbocycles. The summed E-state index contributed by atoms with van der Waals surface area (Å²) in [6, 6.07) is 2.90. The van der Waals surface area contributed by atoms with Crippen molar-refractivity contribution in [3.8, 4) is 5.75 Å². The molecule has 1 heterocycles. The van der Waals surface area contributed by atoms with Gasteiger partial charge in [-0.3, -0.25) is 0 Å². The van der Waals surface area contributed by atoms with Crippen LogP contribution in [0.3, 0.4) is 0 Å². The lowest BCUT2D eigenvalue weighted by Crippen LogP contribution is -2.49. The van der Waals surface area contributed by atoms with Crippen molar-refractivity contribution in [3.63, 3.8) is 0 Å². The second kappa shape index (κ2) is 7.00. The Labute approximate surface area is 133 Å². The van der Waals surface area contributed by atoms with Crippen molar-refractivity contribution in [2.75, 3.05) is 24.6 Å². The molecule has 0 aromatic heterocycles.